The zero-order valence-corrected chi connectivity index (χ0v) is 13.4. The van der Waals surface area contributed by atoms with Crippen molar-refractivity contribution in [2.75, 3.05) is 4.72 Å². The number of nitrogens with one attached hydrogen (secondary N) is 1. The van der Waals surface area contributed by atoms with Gasteiger partial charge < -0.3 is 5.73 Å². The van der Waals surface area contributed by atoms with Crippen molar-refractivity contribution < 1.29 is 8.42 Å². The van der Waals surface area contributed by atoms with Crippen LogP contribution in [-0.2, 0) is 30.0 Å². The normalized spacial score (nSPS) is 11.6. The number of rotatable bonds is 5. The molecule has 0 radical (unpaired) electrons. The molecular weight excluding hydrogens is 312 g/mol. The van der Waals surface area contributed by atoms with E-state index in [4.69, 9.17) is 17.3 Å². The van der Waals surface area contributed by atoms with E-state index >= 15 is 0 Å². The number of halogens is 1. The van der Waals surface area contributed by atoms with Crippen LogP contribution in [0.1, 0.15) is 18.2 Å². The second-order valence-electron chi connectivity index (χ2n) is 4.58. The number of benzene rings is 1. The molecule has 0 amide bonds. The summed E-state index contributed by atoms with van der Waals surface area (Å²) in [5.41, 5.74) is 7.37. The van der Waals surface area contributed by atoms with Crippen molar-refractivity contribution >= 4 is 27.3 Å². The molecule has 1 aromatic carbocycles. The van der Waals surface area contributed by atoms with Crippen LogP contribution in [0.25, 0.3) is 0 Å². The molecule has 0 atom stereocenters. The van der Waals surface area contributed by atoms with Gasteiger partial charge in [0.25, 0.3) is 10.0 Å². The molecule has 0 unspecified atom stereocenters. The first kappa shape index (κ1) is 15.8. The molecule has 0 spiro atoms. The van der Waals surface area contributed by atoms with Gasteiger partial charge in [0.05, 0.1) is 16.3 Å². The zero-order chi connectivity index (χ0) is 15.6. The van der Waals surface area contributed by atoms with Crippen LogP contribution in [0.3, 0.4) is 0 Å². The summed E-state index contributed by atoms with van der Waals surface area (Å²) >= 11 is 6.01. The van der Waals surface area contributed by atoms with Gasteiger partial charge >= 0.3 is 0 Å². The Morgan fingerprint density at radius 2 is 2.14 bits per heavy atom. The van der Waals surface area contributed by atoms with Gasteiger partial charge in [0, 0.05) is 24.8 Å². The van der Waals surface area contributed by atoms with Gasteiger partial charge in [0.1, 0.15) is 0 Å². The third kappa shape index (κ3) is 3.37. The lowest BCUT2D eigenvalue weighted by Gasteiger charge is -2.09. The number of nitrogens with zero attached hydrogens (tertiary/aromatic N) is 2. The lowest BCUT2D eigenvalue weighted by atomic mass is 10.2. The number of aryl methyl sites for hydroxylation is 2. The molecular formula is C13H17ClN4O2S. The maximum Gasteiger partial charge on any atom is 0.262 e. The Hall–Kier alpha value is -1.57. The van der Waals surface area contributed by atoms with Crippen LogP contribution in [0.4, 0.5) is 5.69 Å². The number of hydrogen-bond acceptors (Lipinski definition) is 4. The lowest BCUT2D eigenvalue weighted by Crippen LogP contribution is -2.14. The maximum absolute atomic E-state index is 12.4. The van der Waals surface area contributed by atoms with E-state index in [9.17, 15) is 8.42 Å². The average Bonchev–Trinajstić information content (AvgIpc) is 2.77. The van der Waals surface area contributed by atoms with Crippen molar-refractivity contribution in [1.82, 2.24) is 9.78 Å². The van der Waals surface area contributed by atoms with E-state index in [0.717, 1.165) is 0 Å². The molecule has 3 N–H and O–H groups in total. The summed E-state index contributed by atoms with van der Waals surface area (Å²) in [7, 11) is -1.97. The van der Waals surface area contributed by atoms with Crippen molar-refractivity contribution in [3.05, 3.63) is 40.7 Å². The summed E-state index contributed by atoms with van der Waals surface area (Å²) in [6, 6.07) is 4.49. The summed E-state index contributed by atoms with van der Waals surface area (Å²) in [5, 5.41) is 4.53. The molecule has 1 heterocycles. The molecule has 114 valence electrons. The molecule has 0 fully saturated rings. The van der Waals surface area contributed by atoms with Crippen molar-refractivity contribution in [2.24, 2.45) is 12.8 Å². The quantitative estimate of drug-likeness (QED) is 0.877. The predicted octanol–water partition coefficient (Wildman–Crippen LogP) is 1.90. The van der Waals surface area contributed by atoms with Crippen molar-refractivity contribution in [2.45, 2.75) is 24.8 Å². The fraction of sp³-hybridized carbons (Fsp3) is 0.308. The van der Waals surface area contributed by atoms with Gasteiger partial charge in [-0.25, -0.2) is 8.42 Å². The first-order chi connectivity index (χ1) is 9.87. The Morgan fingerprint density at radius 3 is 2.71 bits per heavy atom. The van der Waals surface area contributed by atoms with E-state index in [1.807, 2.05) is 6.92 Å². The van der Waals surface area contributed by atoms with E-state index in [2.05, 4.69) is 9.82 Å². The van der Waals surface area contributed by atoms with Gasteiger partial charge in [-0.1, -0.05) is 24.6 Å². The molecule has 0 saturated carbocycles. The van der Waals surface area contributed by atoms with Gasteiger partial charge in [0.2, 0.25) is 0 Å². The first-order valence-corrected chi connectivity index (χ1v) is 8.27. The number of nitrogens with two attached hydrogens (primary N) is 1. The van der Waals surface area contributed by atoms with E-state index in [1.165, 1.54) is 12.1 Å². The number of sulfonamides is 1. The van der Waals surface area contributed by atoms with E-state index < -0.39 is 10.0 Å². The van der Waals surface area contributed by atoms with Crippen LogP contribution in [0.15, 0.2) is 29.3 Å². The SMILES string of the molecule is CCc1nn(C)cc1NS(=O)(=O)c1ccc(CN)c(Cl)c1. The largest absolute Gasteiger partial charge is 0.326 e. The molecule has 0 aliphatic heterocycles. The van der Waals surface area contributed by atoms with Gasteiger partial charge in [0.15, 0.2) is 0 Å². The zero-order valence-electron chi connectivity index (χ0n) is 11.8. The van der Waals surface area contributed by atoms with Crippen LogP contribution in [-0.4, -0.2) is 18.2 Å². The highest BCUT2D eigenvalue weighted by molar-refractivity contribution is 7.92. The standard InChI is InChI=1S/C13H17ClN4O2S/c1-3-12-13(8-18(2)16-12)17-21(19,20)10-5-4-9(7-15)11(14)6-10/h4-6,8,17H,3,7,15H2,1-2H3. The van der Waals surface area contributed by atoms with Gasteiger partial charge in [-0.15, -0.1) is 0 Å². The molecule has 21 heavy (non-hydrogen) atoms. The summed E-state index contributed by atoms with van der Waals surface area (Å²) < 4.78 is 28.9. The van der Waals surface area contributed by atoms with Gasteiger partial charge in [-0.3, -0.25) is 9.40 Å². The topological polar surface area (TPSA) is 90.0 Å². The van der Waals surface area contributed by atoms with Crippen molar-refractivity contribution in [1.29, 1.82) is 0 Å². The summed E-state index contributed by atoms with van der Waals surface area (Å²) in [4.78, 5) is 0.0932. The number of aromatic nitrogens is 2. The summed E-state index contributed by atoms with van der Waals surface area (Å²) in [6.07, 6.45) is 2.26. The minimum Gasteiger partial charge on any atom is -0.326 e. The Balaban J connectivity index is 2.36. The van der Waals surface area contributed by atoms with Crippen LogP contribution in [0, 0.1) is 0 Å². The molecule has 6 nitrogen and oxygen atoms in total. The van der Waals surface area contributed by atoms with E-state index in [0.29, 0.717) is 28.4 Å². The molecule has 2 aromatic rings. The van der Waals surface area contributed by atoms with Gasteiger partial charge in [-0.2, -0.15) is 5.10 Å². The Kier molecular flexibility index (Phi) is 4.55. The van der Waals surface area contributed by atoms with Crippen LogP contribution >= 0.6 is 11.6 Å². The Bertz CT molecular complexity index is 756. The predicted molar refractivity (Wildman–Crippen MR) is 82.7 cm³/mol. The maximum atomic E-state index is 12.4. The van der Waals surface area contributed by atoms with Crippen LogP contribution in [0.5, 0.6) is 0 Å². The molecule has 0 aliphatic carbocycles. The first-order valence-electron chi connectivity index (χ1n) is 6.41. The van der Waals surface area contributed by atoms with Crippen LogP contribution < -0.4 is 10.5 Å². The second kappa shape index (κ2) is 6.05. The number of hydrogen-bond donors (Lipinski definition) is 2. The number of anilines is 1. The highest BCUT2D eigenvalue weighted by atomic mass is 35.5. The van der Waals surface area contributed by atoms with E-state index in [1.54, 1.807) is 24.0 Å². The third-order valence-electron chi connectivity index (χ3n) is 3.04. The molecule has 2 rings (SSSR count). The highest BCUT2D eigenvalue weighted by Crippen LogP contribution is 2.23. The fourth-order valence-electron chi connectivity index (χ4n) is 1.95. The third-order valence-corrected chi connectivity index (χ3v) is 4.75. The Labute approximate surface area is 129 Å². The van der Waals surface area contributed by atoms with Crippen molar-refractivity contribution in [3.8, 4) is 0 Å². The summed E-state index contributed by atoms with van der Waals surface area (Å²) in [6.45, 7) is 2.17. The minimum atomic E-state index is -3.71. The van der Waals surface area contributed by atoms with E-state index in [-0.39, 0.29) is 11.4 Å². The van der Waals surface area contributed by atoms with Gasteiger partial charge in [-0.05, 0) is 24.1 Å². The summed E-state index contributed by atoms with van der Waals surface area (Å²) in [5.74, 6) is 0. The molecule has 0 saturated heterocycles. The van der Waals surface area contributed by atoms with Crippen LogP contribution in [0.2, 0.25) is 5.02 Å². The second-order valence-corrected chi connectivity index (χ2v) is 6.67. The molecule has 8 heteroatoms. The Morgan fingerprint density at radius 1 is 1.43 bits per heavy atom. The molecule has 0 bridgehead atoms. The minimum absolute atomic E-state index is 0.0932. The average molecular weight is 329 g/mol. The fourth-order valence-corrected chi connectivity index (χ4v) is 3.37. The molecule has 1 aromatic heterocycles. The monoisotopic (exact) mass is 328 g/mol. The lowest BCUT2D eigenvalue weighted by molar-refractivity contribution is 0.601. The smallest absolute Gasteiger partial charge is 0.262 e. The van der Waals surface area contributed by atoms with Crippen molar-refractivity contribution in [3.63, 3.8) is 0 Å². The molecule has 0 aliphatic rings. The highest BCUT2D eigenvalue weighted by Gasteiger charge is 2.18.